The van der Waals surface area contributed by atoms with E-state index in [9.17, 15) is 14.5 Å². The van der Waals surface area contributed by atoms with Crippen LogP contribution in [0.1, 0.15) is 12.8 Å². The number of nitro groups is 1. The first-order valence-electron chi connectivity index (χ1n) is 6.29. The van der Waals surface area contributed by atoms with Crippen LogP contribution in [-0.4, -0.2) is 31.7 Å². The predicted octanol–water partition coefficient (Wildman–Crippen LogP) is 2.60. The van der Waals surface area contributed by atoms with Crippen LogP contribution in [-0.2, 0) is 4.74 Å². The smallest absolute Gasteiger partial charge is 0.272 e. The van der Waals surface area contributed by atoms with Crippen molar-refractivity contribution in [2.24, 2.45) is 5.92 Å². The van der Waals surface area contributed by atoms with E-state index in [4.69, 9.17) is 4.74 Å². The Morgan fingerprint density at radius 3 is 2.68 bits per heavy atom. The van der Waals surface area contributed by atoms with E-state index in [0.717, 1.165) is 38.6 Å². The van der Waals surface area contributed by atoms with Crippen LogP contribution in [0.3, 0.4) is 0 Å². The number of piperidine rings is 1. The Hall–Kier alpha value is -1.69. The van der Waals surface area contributed by atoms with Crippen LogP contribution in [0.5, 0.6) is 0 Å². The normalized spacial score (nSPS) is 16.6. The van der Waals surface area contributed by atoms with Crippen molar-refractivity contribution in [2.45, 2.75) is 12.8 Å². The molecule has 1 aromatic rings. The van der Waals surface area contributed by atoms with Crippen LogP contribution < -0.4 is 4.90 Å². The number of nitro benzene ring substituents is 1. The Morgan fingerprint density at radius 2 is 2.16 bits per heavy atom. The molecule has 104 valence electrons. The van der Waals surface area contributed by atoms with Gasteiger partial charge in [0.15, 0.2) is 5.82 Å². The van der Waals surface area contributed by atoms with Gasteiger partial charge in [0.25, 0.3) is 5.69 Å². The number of anilines is 1. The third-order valence-electron chi connectivity index (χ3n) is 3.50. The maximum Gasteiger partial charge on any atom is 0.272 e. The molecule has 0 bridgehead atoms. The summed E-state index contributed by atoms with van der Waals surface area (Å²) in [5, 5.41) is 10.6. The molecule has 6 heteroatoms. The Balaban J connectivity index is 2.05. The van der Waals surface area contributed by atoms with Gasteiger partial charge in [-0.1, -0.05) is 0 Å². The molecule has 0 spiro atoms. The second-order valence-corrected chi connectivity index (χ2v) is 4.78. The molecule has 0 N–H and O–H groups in total. The summed E-state index contributed by atoms with van der Waals surface area (Å²) >= 11 is 0. The minimum atomic E-state index is -0.586. The van der Waals surface area contributed by atoms with Gasteiger partial charge in [-0.05, 0) is 24.8 Å². The molecular weight excluding hydrogens is 251 g/mol. The second-order valence-electron chi connectivity index (χ2n) is 4.78. The second kappa shape index (κ2) is 5.97. The van der Waals surface area contributed by atoms with Crippen molar-refractivity contribution in [3.05, 3.63) is 34.1 Å². The maximum atomic E-state index is 13.9. The third kappa shape index (κ3) is 3.20. The maximum absolute atomic E-state index is 13.9. The highest BCUT2D eigenvalue weighted by molar-refractivity contribution is 5.52. The van der Waals surface area contributed by atoms with Crippen molar-refractivity contribution < 1.29 is 14.1 Å². The van der Waals surface area contributed by atoms with Gasteiger partial charge in [-0.25, -0.2) is 4.39 Å². The van der Waals surface area contributed by atoms with Gasteiger partial charge in [0, 0.05) is 32.9 Å². The molecule has 1 aliphatic heterocycles. The van der Waals surface area contributed by atoms with Gasteiger partial charge in [-0.2, -0.15) is 0 Å². The lowest BCUT2D eigenvalue weighted by Crippen LogP contribution is -2.35. The Bertz CT molecular complexity index is 459. The van der Waals surface area contributed by atoms with E-state index in [1.54, 1.807) is 7.11 Å². The molecule has 0 aliphatic carbocycles. The fourth-order valence-electron chi connectivity index (χ4n) is 2.44. The minimum Gasteiger partial charge on any atom is -0.384 e. The molecule has 1 aromatic carbocycles. The van der Waals surface area contributed by atoms with Crippen molar-refractivity contribution in [3.8, 4) is 0 Å². The van der Waals surface area contributed by atoms with Crippen molar-refractivity contribution in [2.75, 3.05) is 31.7 Å². The zero-order valence-corrected chi connectivity index (χ0v) is 10.8. The summed E-state index contributed by atoms with van der Waals surface area (Å²) in [6.07, 6.45) is 1.90. The first kappa shape index (κ1) is 13.7. The van der Waals surface area contributed by atoms with Crippen LogP contribution in [0.2, 0.25) is 0 Å². The van der Waals surface area contributed by atoms with Gasteiger partial charge in [0.2, 0.25) is 0 Å². The lowest BCUT2D eigenvalue weighted by atomic mass is 9.97. The van der Waals surface area contributed by atoms with Crippen molar-refractivity contribution >= 4 is 11.4 Å². The monoisotopic (exact) mass is 268 g/mol. The van der Waals surface area contributed by atoms with E-state index in [1.807, 2.05) is 4.90 Å². The Morgan fingerprint density at radius 1 is 1.47 bits per heavy atom. The third-order valence-corrected chi connectivity index (χ3v) is 3.50. The van der Waals surface area contributed by atoms with Crippen molar-refractivity contribution in [1.82, 2.24) is 0 Å². The van der Waals surface area contributed by atoms with Gasteiger partial charge in [0.1, 0.15) is 0 Å². The van der Waals surface area contributed by atoms with E-state index < -0.39 is 10.7 Å². The molecule has 0 atom stereocenters. The number of rotatable bonds is 4. The largest absolute Gasteiger partial charge is 0.384 e. The molecule has 1 saturated heterocycles. The number of ether oxygens (including phenoxy) is 1. The number of benzene rings is 1. The molecule has 1 aliphatic rings. The summed E-state index contributed by atoms with van der Waals surface area (Å²) in [6.45, 7) is 2.24. The summed E-state index contributed by atoms with van der Waals surface area (Å²) in [5.41, 5.74) is 0.233. The molecule has 0 radical (unpaired) electrons. The van der Waals surface area contributed by atoms with Crippen LogP contribution >= 0.6 is 0 Å². The zero-order chi connectivity index (χ0) is 13.8. The molecule has 0 amide bonds. The number of nitrogens with zero attached hydrogens (tertiary/aromatic N) is 2. The summed E-state index contributed by atoms with van der Waals surface area (Å²) < 4.78 is 19.0. The van der Waals surface area contributed by atoms with Crippen LogP contribution in [0.15, 0.2) is 18.2 Å². The van der Waals surface area contributed by atoms with Gasteiger partial charge >= 0.3 is 0 Å². The highest BCUT2D eigenvalue weighted by Crippen LogP contribution is 2.28. The lowest BCUT2D eigenvalue weighted by molar-refractivity contribution is -0.385. The van der Waals surface area contributed by atoms with Gasteiger partial charge < -0.3 is 9.64 Å². The van der Waals surface area contributed by atoms with Crippen LogP contribution in [0, 0.1) is 21.8 Å². The standard InChI is InChI=1S/C13H17FN2O3/c1-19-9-10-4-6-15(7-5-10)13-3-2-11(16(17)18)8-12(13)14/h2-3,8,10H,4-7,9H2,1H3. The molecule has 1 heterocycles. The number of methoxy groups -OCH3 is 1. The Labute approximate surface area is 111 Å². The molecule has 1 fully saturated rings. The molecule has 19 heavy (non-hydrogen) atoms. The van der Waals surface area contributed by atoms with Crippen molar-refractivity contribution in [1.29, 1.82) is 0 Å². The minimum absolute atomic E-state index is 0.212. The number of hydrogen-bond donors (Lipinski definition) is 0. The summed E-state index contributed by atoms with van der Waals surface area (Å²) in [5.74, 6) is -0.0123. The Kier molecular flexibility index (Phi) is 4.31. The molecule has 0 saturated carbocycles. The van der Waals surface area contributed by atoms with Gasteiger partial charge in [-0.15, -0.1) is 0 Å². The molecule has 2 rings (SSSR count). The van der Waals surface area contributed by atoms with E-state index in [1.165, 1.54) is 12.1 Å². The first-order chi connectivity index (χ1) is 9.11. The average Bonchev–Trinajstić information content (AvgIpc) is 2.40. The quantitative estimate of drug-likeness (QED) is 0.622. The SMILES string of the molecule is COCC1CCN(c2ccc([N+](=O)[O-])cc2F)CC1. The molecular formula is C13H17FN2O3. The van der Waals surface area contributed by atoms with Crippen molar-refractivity contribution in [3.63, 3.8) is 0 Å². The van der Waals surface area contributed by atoms with E-state index in [2.05, 4.69) is 0 Å². The van der Waals surface area contributed by atoms with E-state index in [0.29, 0.717) is 11.6 Å². The molecule has 0 aromatic heterocycles. The van der Waals surface area contributed by atoms with E-state index in [-0.39, 0.29) is 5.69 Å². The molecule has 0 unspecified atom stereocenters. The highest BCUT2D eigenvalue weighted by Gasteiger charge is 2.22. The molecule has 5 nitrogen and oxygen atoms in total. The number of halogens is 1. The summed E-state index contributed by atoms with van der Waals surface area (Å²) in [4.78, 5) is 11.9. The van der Waals surface area contributed by atoms with Gasteiger partial charge in [0.05, 0.1) is 16.7 Å². The fourth-order valence-corrected chi connectivity index (χ4v) is 2.44. The number of hydrogen-bond acceptors (Lipinski definition) is 4. The summed E-state index contributed by atoms with van der Waals surface area (Å²) in [6, 6.07) is 3.82. The topological polar surface area (TPSA) is 55.6 Å². The fraction of sp³-hybridized carbons (Fsp3) is 0.538. The zero-order valence-electron chi connectivity index (χ0n) is 10.8. The number of non-ortho nitro benzene ring substituents is 1. The predicted molar refractivity (Wildman–Crippen MR) is 69.9 cm³/mol. The first-order valence-corrected chi connectivity index (χ1v) is 6.29. The lowest BCUT2D eigenvalue weighted by Gasteiger charge is -2.33. The van der Waals surface area contributed by atoms with Crippen LogP contribution in [0.25, 0.3) is 0 Å². The average molecular weight is 268 g/mol. The highest BCUT2D eigenvalue weighted by atomic mass is 19.1. The van der Waals surface area contributed by atoms with Gasteiger partial charge in [-0.3, -0.25) is 10.1 Å². The van der Waals surface area contributed by atoms with E-state index >= 15 is 0 Å². The van der Waals surface area contributed by atoms with Crippen LogP contribution in [0.4, 0.5) is 15.8 Å². The summed E-state index contributed by atoms with van der Waals surface area (Å²) in [7, 11) is 1.68.